The highest BCUT2D eigenvalue weighted by Crippen LogP contribution is 2.32. The number of benzene rings is 3. The second kappa shape index (κ2) is 10.4. The number of esters is 1. The maximum Gasteiger partial charge on any atom is 0.363 e. The van der Waals surface area contributed by atoms with Gasteiger partial charge in [-0.1, -0.05) is 29.8 Å². The largest absolute Gasteiger partial charge is 0.487 e. The van der Waals surface area contributed by atoms with Crippen LogP contribution in [0.4, 0.5) is 10.1 Å². The van der Waals surface area contributed by atoms with E-state index in [1.807, 2.05) is 0 Å². The van der Waals surface area contributed by atoms with Crippen molar-refractivity contribution in [1.82, 2.24) is 0 Å². The Bertz CT molecular complexity index is 1370. The lowest BCUT2D eigenvalue weighted by Crippen LogP contribution is -2.06. The molecule has 0 spiro atoms. The standard InChI is InChI=1S/C23H12ClFI2N2O5/c24-16-6-5-14(29(31)32)10-15(16)22-28-20(23(30)34-22)9-12-7-18(26)21(19(27)8-12)33-11-13-3-1-2-4-17(13)25/h1-10H,11H2/b20-9-. The van der Waals surface area contributed by atoms with Crippen LogP contribution >= 0.6 is 56.8 Å². The zero-order chi connectivity index (χ0) is 24.4. The van der Waals surface area contributed by atoms with Gasteiger partial charge in [0, 0.05) is 17.7 Å². The maximum atomic E-state index is 13.9. The molecule has 0 atom stereocenters. The van der Waals surface area contributed by atoms with E-state index in [2.05, 4.69) is 50.2 Å². The molecule has 0 saturated carbocycles. The molecule has 0 aliphatic carbocycles. The van der Waals surface area contributed by atoms with Crippen LogP contribution in [0.2, 0.25) is 5.02 Å². The molecule has 4 rings (SSSR count). The van der Waals surface area contributed by atoms with Gasteiger partial charge in [-0.2, -0.15) is 0 Å². The molecule has 34 heavy (non-hydrogen) atoms. The van der Waals surface area contributed by atoms with Gasteiger partial charge in [0.1, 0.15) is 18.2 Å². The summed E-state index contributed by atoms with van der Waals surface area (Å²) in [7, 11) is 0. The predicted octanol–water partition coefficient (Wildman–Crippen LogP) is 6.52. The lowest BCUT2D eigenvalue weighted by Gasteiger charge is -2.12. The van der Waals surface area contributed by atoms with Crippen LogP contribution < -0.4 is 4.74 Å². The number of carbonyl (C=O) groups excluding carboxylic acids is 1. The fourth-order valence-corrected chi connectivity index (χ4v) is 5.37. The Kier molecular flexibility index (Phi) is 7.48. The zero-order valence-corrected chi connectivity index (χ0v) is 22.0. The lowest BCUT2D eigenvalue weighted by atomic mass is 10.2. The molecule has 0 fully saturated rings. The number of hydrogen-bond acceptors (Lipinski definition) is 6. The van der Waals surface area contributed by atoms with Gasteiger partial charge in [-0.15, -0.1) is 0 Å². The summed E-state index contributed by atoms with van der Waals surface area (Å²) in [5.41, 5.74) is 1.06. The zero-order valence-electron chi connectivity index (χ0n) is 16.9. The van der Waals surface area contributed by atoms with Crippen LogP contribution in [0.1, 0.15) is 16.7 Å². The fraction of sp³-hybridized carbons (Fsp3) is 0.0435. The summed E-state index contributed by atoms with van der Waals surface area (Å²) in [6, 6.07) is 13.7. The van der Waals surface area contributed by atoms with Crippen LogP contribution in [0, 0.1) is 23.1 Å². The van der Waals surface area contributed by atoms with E-state index in [0.29, 0.717) is 16.9 Å². The molecule has 7 nitrogen and oxygen atoms in total. The Balaban J connectivity index is 1.60. The van der Waals surface area contributed by atoms with Gasteiger partial charge < -0.3 is 9.47 Å². The van der Waals surface area contributed by atoms with E-state index in [1.54, 1.807) is 30.3 Å². The number of nitrogens with zero attached hydrogens (tertiary/aromatic N) is 2. The summed E-state index contributed by atoms with van der Waals surface area (Å²) in [4.78, 5) is 27.0. The van der Waals surface area contributed by atoms with Gasteiger partial charge in [0.05, 0.1) is 22.6 Å². The number of aliphatic imine (C=N–C) groups is 1. The molecule has 1 aliphatic rings. The normalized spacial score (nSPS) is 14.2. The van der Waals surface area contributed by atoms with Crippen molar-refractivity contribution < 1.29 is 23.6 Å². The predicted molar refractivity (Wildman–Crippen MR) is 141 cm³/mol. The molecule has 0 aromatic heterocycles. The van der Waals surface area contributed by atoms with E-state index >= 15 is 0 Å². The van der Waals surface area contributed by atoms with Crippen molar-refractivity contribution in [3.05, 3.63) is 105 Å². The van der Waals surface area contributed by atoms with Gasteiger partial charge in [-0.3, -0.25) is 10.1 Å². The van der Waals surface area contributed by atoms with E-state index in [1.165, 1.54) is 30.3 Å². The number of nitro groups is 1. The smallest absolute Gasteiger partial charge is 0.363 e. The third-order valence-corrected chi connectivity index (χ3v) is 6.60. The summed E-state index contributed by atoms with van der Waals surface area (Å²) >= 11 is 10.3. The van der Waals surface area contributed by atoms with Crippen molar-refractivity contribution in [2.45, 2.75) is 6.61 Å². The minimum absolute atomic E-state index is 0.0178. The van der Waals surface area contributed by atoms with Crippen molar-refractivity contribution in [2.24, 2.45) is 4.99 Å². The van der Waals surface area contributed by atoms with Crippen LogP contribution in [-0.4, -0.2) is 16.8 Å². The average Bonchev–Trinajstić information content (AvgIpc) is 3.14. The highest BCUT2D eigenvalue weighted by Gasteiger charge is 2.27. The van der Waals surface area contributed by atoms with Crippen molar-refractivity contribution in [2.75, 3.05) is 0 Å². The summed E-state index contributed by atoms with van der Waals surface area (Å²) in [5.74, 6) is -0.569. The number of ether oxygens (including phenoxy) is 2. The Morgan fingerprint density at radius 1 is 1.15 bits per heavy atom. The Morgan fingerprint density at radius 2 is 1.85 bits per heavy atom. The molecule has 3 aromatic carbocycles. The second-order valence-corrected chi connectivity index (χ2v) is 9.68. The first-order valence-corrected chi connectivity index (χ1v) is 12.1. The van der Waals surface area contributed by atoms with Crippen LogP contribution in [0.3, 0.4) is 0 Å². The quantitative estimate of drug-likeness (QED) is 0.0959. The molecule has 11 heteroatoms. The number of carbonyl (C=O) groups is 1. The van der Waals surface area contributed by atoms with Crippen molar-refractivity contribution >= 4 is 80.4 Å². The second-order valence-electron chi connectivity index (χ2n) is 6.95. The molecule has 172 valence electrons. The topological polar surface area (TPSA) is 91.0 Å². The van der Waals surface area contributed by atoms with Crippen LogP contribution in [0.15, 0.2) is 65.3 Å². The van der Waals surface area contributed by atoms with Gasteiger partial charge in [0.15, 0.2) is 5.70 Å². The monoisotopic (exact) mass is 704 g/mol. The molecule has 3 aromatic rings. The maximum absolute atomic E-state index is 13.9. The van der Waals surface area contributed by atoms with E-state index in [9.17, 15) is 19.3 Å². The lowest BCUT2D eigenvalue weighted by molar-refractivity contribution is -0.384. The number of halogens is 4. The summed E-state index contributed by atoms with van der Waals surface area (Å²) in [5, 5.41) is 11.2. The number of non-ortho nitro benzene ring substituents is 1. The molecule has 0 amide bonds. The summed E-state index contributed by atoms with van der Waals surface area (Å²) in [6.07, 6.45) is 1.53. The molecular formula is C23H12ClFI2N2O5. The SMILES string of the molecule is O=C1OC(c2cc([N+](=O)[O-])ccc2Cl)=N/C1=C\c1cc(I)c(OCc2ccccc2F)c(I)c1. The average molecular weight is 705 g/mol. The van der Waals surface area contributed by atoms with Crippen molar-refractivity contribution in [3.63, 3.8) is 0 Å². The first-order chi connectivity index (χ1) is 16.2. The Labute approximate surface area is 225 Å². The molecule has 0 bridgehead atoms. The third kappa shape index (κ3) is 5.39. The number of hydrogen-bond donors (Lipinski definition) is 0. The van der Waals surface area contributed by atoms with Crippen molar-refractivity contribution in [1.29, 1.82) is 0 Å². The van der Waals surface area contributed by atoms with Gasteiger partial charge in [0.25, 0.3) is 5.69 Å². The summed E-state index contributed by atoms with van der Waals surface area (Å²) in [6.45, 7) is 0.0725. The molecule has 0 saturated heterocycles. The molecule has 1 aliphatic heterocycles. The van der Waals surface area contributed by atoms with Crippen LogP contribution in [-0.2, 0) is 16.1 Å². The highest BCUT2D eigenvalue weighted by molar-refractivity contribution is 14.1. The van der Waals surface area contributed by atoms with E-state index in [0.717, 1.165) is 7.14 Å². The number of rotatable bonds is 6. The van der Waals surface area contributed by atoms with Crippen LogP contribution in [0.25, 0.3) is 6.08 Å². The van der Waals surface area contributed by atoms with E-state index < -0.39 is 10.9 Å². The van der Waals surface area contributed by atoms with Crippen LogP contribution in [0.5, 0.6) is 5.75 Å². The Morgan fingerprint density at radius 3 is 2.53 bits per heavy atom. The first kappa shape index (κ1) is 24.5. The Hall–Kier alpha value is -2.58. The molecule has 1 heterocycles. The molecule has 0 radical (unpaired) electrons. The highest BCUT2D eigenvalue weighted by atomic mass is 127. The van der Waals surface area contributed by atoms with E-state index in [-0.39, 0.29) is 40.3 Å². The van der Waals surface area contributed by atoms with Gasteiger partial charge in [-0.25, -0.2) is 14.2 Å². The first-order valence-electron chi connectivity index (χ1n) is 9.55. The molecule has 0 N–H and O–H groups in total. The molecule has 0 unspecified atom stereocenters. The minimum atomic E-state index is -0.706. The fourth-order valence-electron chi connectivity index (χ4n) is 3.04. The minimum Gasteiger partial charge on any atom is -0.487 e. The van der Waals surface area contributed by atoms with Gasteiger partial charge in [0.2, 0.25) is 5.90 Å². The number of cyclic esters (lactones) is 1. The molecular weight excluding hydrogens is 693 g/mol. The number of nitro benzene ring substituents is 1. The van der Waals surface area contributed by atoms with Crippen molar-refractivity contribution in [3.8, 4) is 5.75 Å². The van der Waals surface area contributed by atoms with Gasteiger partial charge >= 0.3 is 5.97 Å². The summed E-state index contributed by atoms with van der Waals surface area (Å²) < 4.78 is 26.4. The third-order valence-electron chi connectivity index (χ3n) is 4.67. The van der Waals surface area contributed by atoms with E-state index in [4.69, 9.17) is 21.1 Å². The van der Waals surface area contributed by atoms with Gasteiger partial charge in [-0.05, 0) is 81.1 Å².